The summed E-state index contributed by atoms with van der Waals surface area (Å²) in [6, 6.07) is 39.7. The maximum Gasteiger partial charge on any atom is 0.143 e. The van der Waals surface area contributed by atoms with Gasteiger partial charge in [-0.05, 0) is 54.1 Å². The van der Waals surface area contributed by atoms with E-state index in [1.165, 1.54) is 21.8 Å². The Labute approximate surface area is 195 Å². The number of para-hydroxylation sites is 3. The van der Waals surface area contributed by atoms with E-state index >= 15 is 0 Å². The minimum absolute atomic E-state index is 0.635. The minimum atomic E-state index is 0.635. The average molecular weight is 434 g/mol. The molecule has 2 aromatic heterocycles. The largest absolute Gasteiger partial charge is 0.455 e. The molecule has 0 bridgehead atoms. The Morgan fingerprint density at radius 3 is 2.29 bits per heavy atom. The number of fused-ring (bicyclic) bond motifs is 6. The fourth-order valence-electron chi connectivity index (χ4n) is 5.09. The first-order valence-electron chi connectivity index (χ1n) is 11.3. The Kier molecular flexibility index (Phi) is 3.91. The van der Waals surface area contributed by atoms with Crippen molar-refractivity contribution in [3.05, 3.63) is 115 Å². The van der Waals surface area contributed by atoms with E-state index in [2.05, 4.69) is 95.6 Å². The molecule has 0 amide bonds. The highest BCUT2D eigenvalue weighted by atomic mass is 16.3. The van der Waals surface area contributed by atoms with Gasteiger partial charge in [-0.15, -0.1) is 0 Å². The van der Waals surface area contributed by atoms with E-state index in [-0.39, 0.29) is 0 Å². The first-order valence-corrected chi connectivity index (χ1v) is 11.3. The molecule has 34 heavy (non-hydrogen) atoms. The van der Waals surface area contributed by atoms with Gasteiger partial charge in [0.25, 0.3) is 0 Å². The van der Waals surface area contributed by atoms with Crippen LogP contribution in [0.25, 0.3) is 60.6 Å². The average Bonchev–Trinajstić information content (AvgIpc) is 3.44. The second-order valence-corrected chi connectivity index (χ2v) is 8.53. The summed E-state index contributed by atoms with van der Waals surface area (Å²) in [5, 5.41) is 13.7. The van der Waals surface area contributed by atoms with Crippen LogP contribution in [-0.4, -0.2) is 4.57 Å². The number of furan rings is 1. The van der Waals surface area contributed by atoms with Crippen LogP contribution in [0.4, 0.5) is 0 Å². The molecule has 0 aliphatic rings. The van der Waals surface area contributed by atoms with Crippen LogP contribution in [0.5, 0.6) is 0 Å². The second kappa shape index (κ2) is 7.10. The highest BCUT2D eigenvalue weighted by Gasteiger charge is 2.16. The molecule has 158 valence electrons. The summed E-state index contributed by atoms with van der Waals surface area (Å²) < 4.78 is 8.62. The van der Waals surface area contributed by atoms with Crippen molar-refractivity contribution < 1.29 is 4.42 Å². The van der Waals surface area contributed by atoms with Gasteiger partial charge in [-0.2, -0.15) is 5.26 Å². The molecule has 3 heteroatoms. The Bertz CT molecular complexity index is 1920. The van der Waals surface area contributed by atoms with Crippen molar-refractivity contribution in [1.29, 1.82) is 5.26 Å². The van der Waals surface area contributed by atoms with Crippen molar-refractivity contribution >= 4 is 43.7 Å². The van der Waals surface area contributed by atoms with E-state index in [1.807, 2.05) is 18.2 Å². The Morgan fingerprint density at radius 1 is 0.618 bits per heavy atom. The van der Waals surface area contributed by atoms with Gasteiger partial charge in [0.05, 0.1) is 22.7 Å². The Morgan fingerprint density at radius 2 is 1.41 bits per heavy atom. The van der Waals surface area contributed by atoms with Crippen LogP contribution in [0.15, 0.2) is 114 Å². The summed E-state index contributed by atoms with van der Waals surface area (Å²) in [5.41, 5.74) is 7.93. The highest BCUT2D eigenvalue weighted by Crippen LogP contribution is 2.39. The quantitative estimate of drug-likeness (QED) is 0.275. The monoisotopic (exact) mass is 434 g/mol. The summed E-state index contributed by atoms with van der Waals surface area (Å²) in [6.45, 7) is 0. The zero-order valence-electron chi connectivity index (χ0n) is 18.2. The lowest BCUT2D eigenvalue weighted by Crippen LogP contribution is -1.92. The third-order valence-corrected chi connectivity index (χ3v) is 6.62. The first-order chi connectivity index (χ1) is 16.8. The van der Waals surface area contributed by atoms with E-state index in [0.717, 1.165) is 38.8 Å². The smallest absolute Gasteiger partial charge is 0.143 e. The molecule has 5 aromatic carbocycles. The van der Waals surface area contributed by atoms with E-state index in [0.29, 0.717) is 5.56 Å². The third-order valence-electron chi connectivity index (χ3n) is 6.62. The Hall–Kier alpha value is -4.81. The number of hydrogen-bond acceptors (Lipinski definition) is 2. The molecular formula is C31H18N2O. The summed E-state index contributed by atoms with van der Waals surface area (Å²) in [6.07, 6.45) is 0. The molecule has 0 spiro atoms. The number of benzene rings is 5. The van der Waals surface area contributed by atoms with Crippen molar-refractivity contribution in [3.63, 3.8) is 0 Å². The van der Waals surface area contributed by atoms with Crippen LogP contribution in [0.1, 0.15) is 5.56 Å². The van der Waals surface area contributed by atoms with Gasteiger partial charge in [-0.25, -0.2) is 0 Å². The third kappa shape index (κ3) is 2.63. The van der Waals surface area contributed by atoms with Crippen molar-refractivity contribution in [1.82, 2.24) is 4.57 Å². The molecule has 0 fully saturated rings. The molecular weight excluding hydrogens is 416 g/mol. The lowest BCUT2D eigenvalue weighted by Gasteiger charge is -2.08. The van der Waals surface area contributed by atoms with Crippen molar-refractivity contribution in [2.24, 2.45) is 0 Å². The molecule has 3 nitrogen and oxygen atoms in total. The van der Waals surface area contributed by atoms with Gasteiger partial charge in [-0.3, -0.25) is 0 Å². The van der Waals surface area contributed by atoms with Gasteiger partial charge in [-0.1, -0.05) is 60.7 Å². The van der Waals surface area contributed by atoms with Crippen molar-refractivity contribution in [2.45, 2.75) is 0 Å². The zero-order valence-corrected chi connectivity index (χ0v) is 18.2. The van der Waals surface area contributed by atoms with E-state index < -0.39 is 0 Å². The van der Waals surface area contributed by atoms with Gasteiger partial charge >= 0.3 is 0 Å². The normalized spacial score (nSPS) is 11.5. The molecule has 0 aliphatic carbocycles. The molecule has 0 saturated carbocycles. The lowest BCUT2D eigenvalue weighted by molar-refractivity contribution is 0.670. The first kappa shape index (κ1) is 18.7. The second-order valence-electron chi connectivity index (χ2n) is 8.53. The molecule has 2 heterocycles. The number of nitrogens with zero attached hydrogens (tertiary/aromatic N) is 2. The van der Waals surface area contributed by atoms with E-state index in [1.54, 1.807) is 6.07 Å². The molecule has 7 aromatic rings. The van der Waals surface area contributed by atoms with Gasteiger partial charge in [0.15, 0.2) is 0 Å². The molecule has 0 radical (unpaired) electrons. The van der Waals surface area contributed by atoms with Gasteiger partial charge in [0.2, 0.25) is 0 Å². The predicted octanol–water partition coefficient (Wildman–Crippen LogP) is 8.22. The molecule has 0 saturated heterocycles. The van der Waals surface area contributed by atoms with Crippen LogP contribution in [0.2, 0.25) is 0 Å². The van der Waals surface area contributed by atoms with Gasteiger partial charge in [0.1, 0.15) is 11.2 Å². The Balaban J connectivity index is 1.51. The SMILES string of the molecule is N#Cc1ccc2oc3c(-c4ccc5c(c4)c4ccccc4n5-c4ccccc4)cccc3c2c1. The zero-order chi connectivity index (χ0) is 22.6. The van der Waals surface area contributed by atoms with E-state index in [4.69, 9.17) is 4.42 Å². The van der Waals surface area contributed by atoms with Crippen LogP contribution in [-0.2, 0) is 0 Å². The molecule has 0 unspecified atom stereocenters. The van der Waals surface area contributed by atoms with Gasteiger partial charge < -0.3 is 8.98 Å². The predicted molar refractivity (Wildman–Crippen MR) is 138 cm³/mol. The summed E-state index contributed by atoms with van der Waals surface area (Å²) in [4.78, 5) is 0. The summed E-state index contributed by atoms with van der Waals surface area (Å²) >= 11 is 0. The minimum Gasteiger partial charge on any atom is -0.455 e. The lowest BCUT2D eigenvalue weighted by atomic mass is 10.00. The number of hydrogen-bond donors (Lipinski definition) is 0. The highest BCUT2D eigenvalue weighted by molar-refractivity contribution is 6.13. The fraction of sp³-hybridized carbons (Fsp3) is 0. The molecule has 7 rings (SSSR count). The summed E-state index contributed by atoms with van der Waals surface area (Å²) in [5.74, 6) is 0. The van der Waals surface area contributed by atoms with Gasteiger partial charge in [0, 0.05) is 32.8 Å². The number of nitriles is 1. The summed E-state index contributed by atoms with van der Waals surface area (Å²) in [7, 11) is 0. The standard InChI is InChI=1S/C31H18N2O/c32-19-20-13-16-30-27(17-20)25-11-6-10-23(31(25)34-30)21-14-15-29-26(18-21)24-9-4-5-12-28(24)33(29)22-7-2-1-3-8-22/h1-18H. The maximum atomic E-state index is 9.33. The maximum absolute atomic E-state index is 9.33. The van der Waals surface area contributed by atoms with Crippen LogP contribution in [0, 0.1) is 11.3 Å². The van der Waals surface area contributed by atoms with Crippen molar-refractivity contribution in [2.75, 3.05) is 0 Å². The molecule has 0 aliphatic heterocycles. The van der Waals surface area contributed by atoms with Crippen LogP contribution in [0.3, 0.4) is 0 Å². The molecule has 0 N–H and O–H groups in total. The topological polar surface area (TPSA) is 41.9 Å². The van der Waals surface area contributed by atoms with Crippen LogP contribution < -0.4 is 0 Å². The van der Waals surface area contributed by atoms with Crippen LogP contribution >= 0.6 is 0 Å². The van der Waals surface area contributed by atoms with Crippen molar-refractivity contribution in [3.8, 4) is 22.9 Å². The van der Waals surface area contributed by atoms with E-state index in [9.17, 15) is 5.26 Å². The molecule has 0 atom stereocenters. The number of aromatic nitrogens is 1. The number of rotatable bonds is 2. The fourth-order valence-corrected chi connectivity index (χ4v) is 5.09.